The number of halogens is 1. The highest BCUT2D eigenvalue weighted by Gasteiger charge is 2.25. The molecule has 1 aliphatic heterocycles. The van der Waals surface area contributed by atoms with E-state index in [1.54, 1.807) is 13.4 Å². The molecular formula is C15H16ClN3O. The quantitative estimate of drug-likeness (QED) is 0.870. The summed E-state index contributed by atoms with van der Waals surface area (Å²) in [5.74, 6) is 2.05. The summed E-state index contributed by atoms with van der Waals surface area (Å²) in [6.45, 7) is 1.95. The molecule has 1 fully saturated rings. The first-order chi connectivity index (χ1) is 9.76. The number of hydrogen-bond acceptors (Lipinski definition) is 4. The Bertz CT molecular complexity index is 588. The predicted octanol–water partition coefficient (Wildman–Crippen LogP) is 3.13. The maximum atomic E-state index is 5.94. The van der Waals surface area contributed by atoms with Crippen LogP contribution in [-0.2, 0) is 0 Å². The number of methoxy groups -OCH3 is 1. The van der Waals surface area contributed by atoms with Gasteiger partial charge in [0.25, 0.3) is 0 Å². The molecule has 0 radical (unpaired) electrons. The van der Waals surface area contributed by atoms with E-state index < -0.39 is 0 Å². The minimum atomic E-state index is 0.522. The van der Waals surface area contributed by atoms with Gasteiger partial charge in [0.15, 0.2) is 0 Å². The number of benzene rings is 1. The molecule has 104 valence electrons. The van der Waals surface area contributed by atoms with E-state index in [0.29, 0.717) is 11.8 Å². The van der Waals surface area contributed by atoms with Crippen molar-refractivity contribution in [1.82, 2.24) is 9.97 Å². The van der Waals surface area contributed by atoms with Gasteiger partial charge in [0.05, 0.1) is 7.11 Å². The molecule has 1 unspecified atom stereocenters. The van der Waals surface area contributed by atoms with Crippen LogP contribution < -0.4 is 9.64 Å². The van der Waals surface area contributed by atoms with E-state index in [0.717, 1.165) is 30.4 Å². The third-order valence-electron chi connectivity index (χ3n) is 3.69. The molecule has 5 heteroatoms. The molecule has 1 aromatic carbocycles. The zero-order chi connectivity index (χ0) is 13.9. The summed E-state index contributed by atoms with van der Waals surface area (Å²) in [6, 6.07) is 10.00. The lowest BCUT2D eigenvalue weighted by atomic mass is 9.99. The fraction of sp³-hybridized carbons (Fsp3) is 0.333. The molecule has 0 aliphatic carbocycles. The Morgan fingerprint density at radius 1 is 1.25 bits per heavy atom. The molecule has 3 rings (SSSR count). The maximum Gasteiger partial charge on any atom is 0.218 e. The Hall–Kier alpha value is -1.81. The van der Waals surface area contributed by atoms with E-state index in [2.05, 4.69) is 27.0 Å². The maximum absolute atomic E-state index is 5.94. The molecule has 1 saturated heterocycles. The molecule has 0 bridgehead atoms. The molecule has 0 N–H and O–H groups in total. The van der Waals surface area contributed by atoms with Crippen LogP contribution in [0.25, 0.3) is 0 Å². The lowest BCUT2D eigenvalue weighted by Crippen LogP contribution is -2.20. The first kappa shape index (κ1) is 13.2. The second-order valence-electron chi connectivity index (χ2n) is 4.90. The van der Waals surface area contributed by atoms with Crippen LogP contribution in [0, 0.1) is 0 Å². The van der Waals surface area contributed by atoms with Crippen LogP contribution in [0.1, 0.15) is 17.9 Å². The average molecular weight is 290 g/mol. The van der Waals surface area contributed by atoms with Gasteiger partial charge in [-0.1, -0.05) is 23.7 Å². The van der Waals surface area contributed by atoms with Gasteiger partial charge in [-0.05, 0) is 24.1 Å². The number of hydrogen-bond donors (Lipinski definition) is 0. The number of ether oxygens (including phenoxy) is 1. The summed E-state index contributed by atoms with van der Waals surface area (Å²) < 4.78 is 5.15. The summed E-state index contributed by atoms with van der Waals surface area (Å²) >= 11 is 5.94. The Labute approximate surface area is 123 Å². The van der Waals surface area contributed by atoms with Crippen LogP contribution in [0.15, 0.2) is 36.7 Å². The molecule has 4 nitrogen and oxygen atoms in total. The SMILES string of the molecule is COc1cc(N2CCC(c3ccc(Cl)cc3)C2)ncn1. The van der Waals surface area contributed by atoms with Crippen molar-refractivity contribution in [2.24, 2.45) is 0 Å². The van der Waals surface area contributed by atoms with Crippen LogP contribution in [0.3, 0.4) is 0 Å². The van der Waals surface area contributed by atoms with Crippen LogP contribution in [0.5, 0.6) is 5.88 Å². The van der Waals surface area contributed by atoms with Crippen molar-refractivity contribution in [3.05, 3.63) is 47.2 Å². The highest BCUT2D eigenvalue weighted by Crippen LogP contribution is 2.31. The van der Waals surface area contributed by atoms with Crippen molar-refractivity contribution in [3.8, 4) is 5.88 Å². The summed E-state index contributed by atoms with van der Waals surface area (Å²) in [4.78, 5) is 10.6. The van der Waals surface area contributed by atoms with E-state index in [-0.39, 0.29) is 0 Å². The predicted molar refractivity (Wildman–Crippen MR) is 79.6 cm³/mol. The summed E-state index contributed by atoms with van der Waals surface area (Å²) in [5, 5.41) is 0.782. The van der Waals surface area contributed by atoms with Gasteiger partial charge in [-0.2, -0.15) is 0 Å². The highest BCUT2D eigenvalue weighted by atomic mass is 35.5. The average Bonchev–Trinajstić information content (AvgIpc) is 2.98. The summed E-state index contributed by atoms with van der Waals surface area (Å²) in [6.07, 6.45) is 2.66. The number of aromatic nitrogens is 2. The van der Waals surface area contributed by atoms with Gasteiger partial charge >= 0.3 is 0 Å². The van der Waals surface area contributed by atoms with E-state index in [1.807, 2.05) is 18.2 Å². The second-order valence-corrected chi connectivity index (χ2v) is 5.34. The minimum Gasteiger partial charge on any atom is -0.481 e. The van der Waals surface area contributed by atoms with E-state index in [9.17, 15) is 0 Å². The molecule has 20 heavy (non-hydrogen) atoms. The van der Waals surface area contributed by atoms with Crippen molar-refractivity contribution in [1.29, 1.82) is 0 Å². The molecule has 0 saturated carbocycles. The first-order valence-electron chi connectivity index (χ1n) is 6.62. The standard InChI is InChI=1S/C15H16ClN3O/c1-20-15-8-14(17-10-18-15)19-7-6-12(9-19)11-2-4-13(16)5-3-11/h2-5,8,10,12H,6-7,9H2,1H3. The zero-order valence-corrected chi connectivity index (χ0v) is 12.0. The molecule has 2 heterocycles. The molecular weight excluding hydrogens is 274 g/mol. The molecule has 1 aromatic heterocycles. The van der Waals surface area contributed by atoms with E-state index in [1.165, 1.54) is 5.56 Å². The third-order valence-corrected chi connectivity index (χ3v) is 3.94. The molecule has 0 amide bonds. The van der Waals surface area contributed by atoms with Crippen molar-refractivity contribution >= 4 is 17.4 Å². The monoisotopic (exact) mass is 289 g/mol. The van der Waals surface area contributed by atoms with Crippen LogP contribution in [-0.4, -0.2) is 30.2 Å². The summed E-state index contributed by atoms with van der Waals surface area (Å²) in [7, 11) is 1.62. The fourth-order valence-electron chi connectivity index (χ4n) is 2.59. The highest BCUT2D eigenvalue weighted by molar-refractivity contribution is 6.30. The van der Waals surface area contributed by atoms with Crippen molar-refractivity contribution in [3.63, 3.8) is 0 Å². The van der Waals surface area contributed by atoms with Gasteiger partial charge in [-0.25, -0.2) is 9.97 Å². The molecule has 2 aromatic rings. The normalized spacial score (nSPS) is 18.3. The van der Waals surface area contributed by atoms with Gasteiger partial charge in [0, 0.05) is 30.1 Å². The second kappa shape index (κ2) is 5.67. The molecule has 1 atom stereocenters. The van der Waals surface area contributed by atoms with Gasteiger partial charge in [-0.3, -0.25) is 0 Å². The van der Waals surface area contributed by atoms with Gasteiger partial charge in [0.2, 0.25) is 5.88 Å². The fourth-order valence-corrected chi connectivity index (χ4v) is 2.72. The third kappa shape index (κ3) is 2.70. The lowest BCUT2D eigenvalue weighted by Gasteiger charge is -2.17. The Morgan fingerprint density at radius 2 is 2.05 bits per heavy atom. The Kier molecular flexibility index (Phi) is 3.74. The van der Waals surface area contributed by atoms with Crippen LogP contribution in [0.2, 0.25) is 5.02 Å². The lowest BCUT2D eigenvalue weighted by molar-refractivity contribution is 0.397. The Balaban J connectivity index is 1.74. The van der Waals surface area contributed by atoms with Crippen molar-refractivity contribution in [2.45, 2.75) is 12.3 Å². The van der Waals surface area contributed by atoms with Crippen molar-refractivity contribution < 1.29 is 4.74 Å². The minimum absolute atomic E-state index is 0.522. The van der Waals surface area contributed by atoms with E-state index in [4.69, 9.17) is 16.3 Å². The van der Waals surface area contributed by atoms with Gasteiger partial charge in [-0.15, -0.1) is 0 Å². The largest absolute Gasteiger partial charge is 0.481 e. The van der Waals surface area contributed by atoms with Crippen LogP contribution in [0.4, 0.5) is 5.82 Å². The van der Waals surface area contributed by atoms with E-state index >= 15 is 0 Å². The number of anilines is 1. The summed E-state index contributed by atoms with van der Waals surface area (Å²) in [5.41, 5.74) is 1.33. The van der Waals surface area contributed by atoms with Crippen molar-refractivity contribution in [2.75, 3.05) is 25.1 Å². The number of nitrogens with zero attached hydrogens (tertiary/aromatic N) is 3. The van der Waals surface area contributed by atoms with Gasteiger partial charge < -0.3 is 9.64 Å². The smallest absolute Gasteiger partial charge is 0.218 e. The first-order valence-corrected chi connectivity index (χ1v) is 7.00. The Morgan fingerprint density at radius 3 is 2.80 bits per heavy atom. The van der Waals surface area contributed by atoms with Gasteiger partial charge in [0.1, 0.15) is 12.1 Å². The molecule has 0 spiro atoms. The topological polar surface area (TPSA) is 38.2 Å². The molecule has 1 aliphatic rings. The van der Waals surface area contributed by atoms with Crippen LogP contribution >= 0.6 is 11.6 Å². The number of rotatable bonds is 3. The zero-order valence-electron chi connectivity index (χ0n) is 11.3.